The standard InChI is InChI=1S/C10H18N2O2/c1-13-7-3-4-9-8-12-10(14-9)5-2-6-11/h8H,2-7,11H2,1H3. The SMILES string of the molecule is COCCCc1cnc(CCCN)o1. The van der Waals surface area contributed by atoms with E-state index in [1.54, 1.807) is 13.3 Å². The van der Waals surface area contributed by atoms with Crippen molar-refractivity contribution in [1.82, 2.24) is 4.98 Å². The fourth-order valence-corrected chi connectivity index (χ4v) is 1.22. The summed E-state index contributed by atoms with van der Waals surface area (Å²) in [5.41, 5.74) is 5.40. The Hall–Kier alpha value is -0.870. The third-order valence-corrected chi connectivity index (χ3v) is 1.97. The molecule has 0 bridgehead atoms. The van der Waals surface area contributed by atoms with Gasteiger partial charge in [-0.1, -0.05) is 0 Å². The van der Waals surface area contributed by atoms with Crippen molar-refractivity contribution in [3.05, 3.63) is 17.8 Å². The molecule has 0 aliphatic rings. The molecule has 1 aromatic rings. The quantitative estimate of drug-likeness (QED) is 0.667. The molecule has 0 aliphatic heterocycles. The molecule has 0 fully saturated rings. The Labute approximate surface area is 84.5 Å². The van der Waals surface area contributed by atoms with E-state index in [2.05, 4.69) is 4.98 Å². The number of rotatable bonds is 7. The van der Waals surface area contributed by atoms with Crippen LogP contribution in [0.4, 0.5) is 0 Å². The molecule has 0 saturated heterocycles. The average Bonchev–Trinajstić information content (AvgIpc) is 2.63. The van der Waals surface area contributed by atoms with Gasteiger partial charge in [-0.2, -0.15) is 0 Å². The molecule has 80 valence electrons. The molecule has 0 spiro atoms. The van der Waals surface area contributed by atoms with Crippen molar-refractivity contribution >= 4 is 0 Å². The van der Waals surface area contributed by atoms with Crippen molar-refractivity contribution < 1.29 is 9.15 Å². The molecule has 14 heavy (non-hydrogen) atoms. The van der Waals surface area contributed by atoms with Gasteiger partial charge in [-0.05, 0) is 19.4 Å². The lowest BCUT2D eigenvalue weighted by Crippen LogP contribution is -2.00. The van der Waals surface area contributed by atoms with Crippen LogP contribution in [0.5, 0.6) is 0 Å². The second-order valence-electron chi connectivity index (χ2n) is 3.21. The summed E-state index contributed by atoms with van der Waals surface area (Å²) in [6.45, 7) is 1.44. The summed E-state index contributed by atoms with van der Waals surface area (Å²) >= 11 is 0. The molecule has 0 atom stereocenters. The van der Waals surface area contributed by atoms with Gasteiger partial charge in [0.05, 0.1) is 6.20 Å². The fourth-order valence-electron chi connectivity index (χ4n) is 1.22. The summed E-state index contributed by atoms with van der Waals surface area (Å²) in [7, 11) is 1.70. The number of ether oxygens (including phenoxy) is 1. The summed E-state index contributed by atoms with van der Waals surface area (Å²) in [5, 5.41) is 0. The fraction of sp³-hybridized carbons (Fsp3) is 0.700. The van der Waals surface area contributed by atoms with Gasteiger partial charge >= 0.3 is 0 Å². The first-order valence-corrected chi connectivity index (χ1v) is 4.99. The van der Waals surface area contributed by atoms with Crippen LogP contribution < -0.4 is 5.73 Å². The Kier molecular flexibility index (Phi) is 5.25. The van der Waals surface area contributed by atoms with Gasteiger partial charge in [0.15, 0.2) is 5.89 Å². The largest absolute Gasteiger partial charge is 0.446 e. The number of hydrogen-bond donors (Lipinski definition) is 1. The molecule has 0 amide bonds. The van der Waals surface area contributed by atoms with E-state index in [9.17, 15) is 0 Å². The Morgan fingerprint density at radius 3 is 3.00 bits per heavy atom. The number of methoxy groups -OCH3 is 1. The van der Waals surface area contributed by atoms with Gasteiger partial charge < -0.3 is 14.9 Å². The Balaban J connectivity index is 2.27. The highest BCUT2D eigenvalue weighted by Crippen LogP contribution is 2.07. The summed E-state index contributed by atoms with van der Waals surface area (Å²) < 4.78 is 10.5. The molecular weight excluding hydrogens is 180 g/mol. The first-order valence-electron chi connectivity index (χ1n) is 4.99. The maximum Gasteiger partial charge on any atom is 0.194 e. The van der Waals surface area contributed by atoms with Crippen LogP contribution in [-0.2, 0) is 17.6 Å². The van der Waals surface area contributed by atoms with Crippen molar-refractivity contribution in [2.75, 3.05) is 20.3 Å². The van der Waals surface area contributed by atoms with Gasteiger partial charge in [-0.25, -0.2) is 4.98 Å². The second-order valence-corrected chi connectivity index (χ2v) is 3.21. The first kappa shape index (κ1) is 11.2. The minimum absolute atomic E-state index is 0.682. The van der Waals surface area contributed by atoms with Crippen molar-refractivity contribution in [2.24, 2.45) is 5.73 Å². The first-order chi connectivity index (χ1) is 6.86. The smallest absolute Gasteiger partial charge is 0.194 e. The second kappa shape index (κ2) is 6.56. The van der Waals surface area contributed by atoms with Crippen LogP contribution in [0, 0.1) is 0 Å². The molecule has 4 heteroatoms. The monoisotopic (exact) mass is 198 g/mol. The minimum Gasteiger partial charge on any atom is -0.446 e. The maximum atomic E-state index is 5.51. The average molecular weight is 198 g/mol. The van der Waals surface area contributed by atoms with Crippen LogP contribution in [0.2, 0.25) is 0 Å². The molecule has 4 nitrogen and oxygen atoms in total. The van der Waals surface area contributed by atoms with E-state index in [0.717, 1.165) is 43.9 Å². The molecule has 0 unspecified atom stereocenters. The Morgan fingerprint density at radius 2 is 2.29 bits per heavy atom. The number of aryl methyl sites for hydroxylation is 2. The van der Waals surface area contributed by atoms with Crippen LogP contribution in [0.3, 0.4) is 0 Å². The summed E-state index contributed by atoms with van der Waals surface area (Å²) in [6, 6.07) is 0. The van der Waals surface area contributed by atoms with E-state index in [4.69, 9.17) is 14.9 Å². The predicted octanol–water partition coefficient (Wildman–Crippen LogP) is 1.14. The summed E-state index contributed by atoms with van der Waals surface area (Å²) in [5.74, 6) is 1.73. The molecule has 1 rings (SSSR count). The van der Waals surface area contributed by atoms with Crippen molar-refractivity contribution in [1.29, 1.82) is 0 Å². The van der Waals surface area contributed by atoms with Gasteiger partial charge in [0, 0.05) is 26.6 Å². The molecule has 1 heterocycles. The minimum atomic E-state index is 0.682. The number of oxazole rings is 1. The van der Waals surface area contributed by atoms with E-state index in [-0.39, 0.29) is 0 Å². The van der Waals surface area contributed by atoms with Crippen LogP contribution in [0.25, 0.3) is 0 Å². The molecule has 0 aliphatic carbocycles. The van der Waals surface area contributed by atoms with E-state index in [0.29, 0.717) is 6.54 Å². The highest BCUT2D eigenvalue weighted by molar-refractivity contribution is 4.94. The lowest BCUT2D eigenvalue weighted by atomic mass is 10.3. The Morgan fingerprint density at radius 1 is 1.43 bits per heavy atom. The summed E-state index contributed by atoms with van der Waals surface area (Å²) in [4.78, 5) is 4.17. The van der Waals surface area contributed by atoms with Crippen LogP contribution in [-0.4, -0.2) is 25.2 Å². The van der Waals surface area contributed by atoms with Crippen molar-refractivity contribution in [3.63, 3.8) is 0 Å². The predicted molar refractivity (Wildman–Crippen MR) is 54.1 cm³/mol. The zero-order chi connectivity index (χ0) is 10.2. The number of nitrogens with two attached hydrogens (primary N) is 1. The lowest BCUT2D eigenvalue weighted by Gasteiger charge is -1.95. The van der Waals surface area contributed by atoms with Crippen LogP contribution >= 0.6 is 0 Å². The third-order valence-electron chi connectivity index (χ3n) is 1.97. The van der Waals surface area contributed by atoms with E-state index in [1.807, 2.05) is 0 Å². The molecule has 0 saturated carbocycles. The number of hydrogen-bond acceptors (Lipinski definition) is 4. The van der Waals surface area contributed by atoms with Crippen LogP contribution in [0.15, 0.2) is 10.6 Å². The maximum absolute atomic E-state index is 5.51. The third kappa shape index (κ3) is 3.89. The van der Waals surface area contributed by atoms with Gasteiger partial charge in [0.1, 0.15) is 5.76 Å². The van der Waals surface area contributed by atoms with Gasteiger partial charge in [0.2, 0.25) is 0 Å². The lowest BCUT2D eigenvalue weighted by molar-refractivity contribution is 0.193. The van der Waals surface area contributed by atoms with Crippen molar-refractivity contribution in [3.8, 4) is 0 Å². The molecular formula is C10H18N2O2. The molecule has 2 N–H and O–H groups in total. The number of nitrogens with zero attached hydrogens (tertiary/aromatic N) is 1. The van der Waals surface area contributed by atoms with Gasteiger partial charge in [0.25, 0.3) is 0 Å². The van der Waals surface area contributed by atoms with E-state index in [1.165, 1.54) is 0 Å². The zero-order valence-corrected chi connectivity index (χ0v) is 8.66. The summed E-state index contributed by atoms with van der Waals surface area (Å²) in [6.07, 6.45) is 5.42. The van der Waals surface area contributed by atoms with E-state index < -0.39 is 0 Å². The van der Waals surface area contributed by atoms with Crippen LogP contribution in [0.1, 0.15) is 24.5 Å². The van der Waals surface area contributed by atoms with Gasteiger partial charge in [-0.3, -0.25) is 0 Å². The topological polar surface area (TPSA) is 61.3 Å². The van der Waals surface area contributed by atoms with Gasteiger partial charge in [-0.15, -0.1) is 0 Å². The molecule has 1 aromatic heterocycles. The van der Waals surface area contributed by atoms with E-state index >= 15 is 0 Å². The van der Waals surface area contributed by atoms with Crippen molar-refractivity contribution in [2.45, 2.75) is 25.7 Å². The molecule has 0 radical (unpaired) electrons. The highest BCUT2D eigenvalue weighted by atomic mass is 16.5. The normalized spacial score (nSPS) is 10.7. The molecule has 0 aromatic carbocycles. The number of aromatic nitrogens is 1. The highest BCUT2D eigenvalue weighted by Gasteiger charge is 2.02. The Bertz CT molecular complexity index is 248. The zero-order valence-electron chi connectivity index (χ0n) is 8.66.